The summed E-state index contributed by atoms with van der Waals surface area (Å²) in [7, 11) is -10.1. The van der Waals surface area contributed by atoms with Crippen LogP contribution in [0.1, 0.15) is 52.6 Å². The maximum absolute atomic E-state index is 15.3. The van der Waals surface area contributed by atoms with Crippen LogP contribution in [0, 0.1) is 0 Å². The third-order valence-electron chi connectivity index (χ3n) is 9.80. The zero-order valence-corrected chi connectivity index (χ0v) is 30.7. The van der Waals surface area contributed by atoms with Gasteiger partial charge in [0.2, 0.25) is 5.41 Å². The molecule has 0 saturated carbocycles. The molecule has 6 aromatic rings. The second-order valence-corrected chi connectivity index (χ2v) is 16.1. The number of carbonyl (C=O) groups is 4. The molecule has 59 heavy (non-hydrogen) atoms. The van der Waals surface area contributed by atoms with E-state index in [1.165, 1.54) is 36.4 Å². The first-order valence-electron chi connectivity index (χ1n) is 16.7. The molecular weight excluding hydrogens is 835 g/mol. The fourth-order valence-corrected chi connectivity index (χ4v) is 9.35. The predicted molar refractivity (Wildman–Crippen MR) is 191 cm³/mol. The van der Waals surface area contributed by atoms with Crippen LogP contribution in [-0.2, 0) is 34.2 Å². The molecule has 20 heteroatoms. The third kappa shape index (κ3) is 5.97. The van der Waals surface area contributed by atoms with Crippen LogP contribution >= 0.6 is 0 Å². The smallest absolute Gasteiger partial charge is 0.266 e. The Labute approximate surface area is 327 Å². The minimum absolute atomic E-state index is 0.0941. The predicted octanol–water partition coefficient (Wildman–Crippen LogP) is 7.24. The molecule has 0 radical (unpaired) electrons. The monoisotopic (exact) mass is 854 g/mol. The van der Waals surface area contributed by atoms with E-state index in [1.807, 2.05) is 0 Å². The highest BCUT2D eigenvalue weighted by Crippen LogP contribution is 2.57. The van der Waals surface area contributed by atoms with Crippen molar-refractivity contribution in [3.63, 3.8) is 0 Å². The number of benzene rings is 6. The number of imide groups is 2. The summed E-state index contributed by atoms with van der Waals surface area (Å²) in [6, 6.07) is 21.4. The molecule has 2 heterocycles. The van der Waals surface area contributed by atoms with Crippen molar-refractivity contribution in [2.75, 3.05) is 0 Å². The van der Waals surface area contributed by atoms with Gasteiger partial charge in [0.15, 0.2) is 0 Å². The molecular formula is C39H20F6N2O10S2. The van der Waals surface area contributed by atoms with E-state index in [-0.39, 0.29) is 45.2 Å². The Balaban J connectivity index is 1.17. The number of amides is 4. The number of alkyl halides is 6. The van der Waals surface area contributed by atoms with Crippen LogP contribution in [0.4, 0.5) is 26.3 Å². The average molecular weight is 855 g/mol. The molecule has 2 aliphatic rings. The van der Waals surface area contributed by atoms with Gasteiger partial charge >= 0.3 is 32.6 Å². The van der Waals surface area contributed by atoms with E-state index >= 15 is 26.3 Å². The Morgan fingerprint density at radius 2 is 0.763 bits per heavy atom. The summed E-state index contributed by atoms with van der Waals surface area (Å²) < 4.78 is 155. The fraction of sp³-hybridized carbons (Fsp3) is 0.0769. The summed E-state index contributed by atoms with van der Waals surface area (Å²) in [5.74, 6) is -6.48. The third-order valence-corrected chi connectivity index (χ3v) is 12.3. The molecule has 300 valence electrons. The second kappa shape index (κ2) is 13.3. The first kappa shape index (κ1) is 39.4. The van der Waals surface area contributed by atoms with Crippen LogP contribution in [0.25, 0.3) is 21.5 Å². The standard InChI is InChI=1S/C39H20F6N2O10S2/c40-38(41,42)37(39(43,44)45,23-15-17-27-29(19-23)35(50)46(33(27)48)56-58(52,53)31-13-5-9-21-7-1-3-11-25(21)31)24-16-18-28-30(20-24)36(51)47(34(28)49)57-59(54,55)32-14-6-10-22-8-2-4-12-26(22)32/h1-20H. The first-order valence-corrected chi connectivity index (χ1v) is 19.6. The van der Waals surface area contributed by atoms with E-state index in [0.717, 1.165) is 12.1 Å². The van der Waals surface area contributed by atoms with E-state index in [4.69, 9.17) is 8.57 Å². The van der Waals surface area contributed by atoms with E-state index < -0.39 is 105 Å². The van der Waals surface area contributed by atoms with Gasteiger partial charge in [-0.2, -0.15) is 43.2 Å². The van der Waals surface area contributed by atoms with E-state index in [0.29, 0.717) is 22.9 Å². The number of fused-ring (bicyclic) bond motifs is 4. The van der Waals surface area contributed by atoms with Crippen LogP contribution < -0.4 is 0 Å². The Morgan fingerprint density at radius 1 is 0.424 bits per heavy atom. The average Bonchev–Trinajstić information content (AvgIpc) is 3.55. The van der Waals surface area contributed by atoms with Crippen molar-refractivity contribution in [1.82, 2.24) is 10.1 Å². The zero-order valence-electron chi connectivity index (χ0n) is 29.1. The molecule has 0 N–H and O–H groups in total. The molecule has 2 aliphatic heterocycles. The molecule has 0 aliphatic carbocycles. The van der Waals surface area contributed by atoms with E-state index in [9.17, 15) is 36.0 Å². The normalized spacial score (nSPS) is 15.1. The van der Waals surface area contributed by atoms with Crippen LogP contribution in [0.2, 0.25) is 0 Å². The number of carbonyl (C=O) groups excluding carboxylic acids is 4. The number of halogens is 6. The van der Waals surface area contributed by atoms with Gasteiger partial charge in [0.05, 0.1) is 22.3 Å². The highest BCUT2D eigenvalue weighted by Gasteiger charge is 2.73. The molecule has 6 aromatic carbocycles. The quantitative estimate of drug-likeness (QED) is 0.113. The maximum atomic E-state index is 15.3. The number of hydrogen-bond donors (Lipinski definition) is 0. The molecule has 0 spiro atoms. The van der Waals surface area contributed by atoms with Gasteiger partial charge in [0.1, 0.15) is 9.79 Å². The Hall–Kier alpha value is -6.48. The minimum atomic E-state index is -6.34. The van der Waals surface area contributed by atoms with E-state index in [2.05, 4.69) is 0 Å². The van der Waals surface area contributed by atoms with Crippen molar-refractivity contribution < 1.29 is 70.9 Å². The van der Waals surface area contributed by atoms with Gasteiger partial charge < -0.3 is 0 Å². The van der Waals surface area contributed by atoms with Gasteiger partial charge in [0.25, 0.3) is 23.6 Å². The number of hydroxylamine groups is 4. The Kier molecular flexibility index (Phi) is 8.85. The summed E-state index contributed by atoms with van der Waals surface area (Å²) in [4.78, 5) is 52.3. The Morgan fingerprint density at radius 3 is 1.14 bits per heavy atom. The topological polar surface area (TPSA) is 161 Å². The summed E-state index contributed by atoms with van der Waals surface area (Å²) in [6.45, 7) is 0. The molecule has 0 saturated heterocycles. The molecule has 0 fully saturated rings. The first-order chi connectivity index (χ1) is 27.7. The zero-order chi connectivity index (χ0) is 42.4. The highest BCUT2D eigenvalue weighted by atomic mass is 32.2. The van der Waals surface area contributed by atoms with Crippen molar-refractivity contribution in [1.29, 1.82) is 0 Å². The fourth-order valence-electron chi connectivity index (χ4n) is 7.13. The van der Waals surface area contributed by atoms with E-state index in [1.54, 1.807) is 36.4 Å². The lowest BCUT2D eigenvalue weighted by Gasteiger charge is -2.38. The largest absolute Gasteiger partial charge is 0.411 e. The minimum Gasteiger partial charge on any atom is -0.266 e. The van der Waals surface area contributed by atoms with Gasteiger partial charge in [-0.15, -0.1) is 18.7 Å². The van der Waals surface area contributed by atoms with Crippen molar-refractivity contribution in [2.24, 2.45) is 0 Å². The Bertz CT molecular complexity index is 2860. The lowest BCUT2D eigenvalue weighted by molar-refractivity contribution is -0.288. The van der Waals surface area contributed by atoms with Crippen LogP contribution in [0.3, 0.4) is 0 Å². The van der Waals surface area contributed by atoms with Crippen molar-refractivity contribution in [3.8, 4) is 0 Å². The second-order valence-electron chi connectivity index (χ2n) is 13.1. The molecule has 8 rings (SSSR count). The molecule has 0 unspecified atom stereocenters. The van der Waals surface area contributed by atoms with Crippen LogP contribution in [-0.4, -0.2) is 62.9 Å². The molecule has 0 atom stereocenters. The SMILES string of the molecule is O=C1c2ccc(C(c3ccc4c(c3)C(=O)N(OS(=O)(=O)c3cccc5ccccc35)C4=O)(C(F)(F)F)C(F)(F)F)cc2C(=O)N1OS(=O)(=O)c1cccc2ccccc12. The van der Waals surface area contributed by atoms with Crippen LogP contribution in [0.5, 0.6) is 0 Å². The lowest BCUT2D eigenvalue weighted by Crippen LogP contribution is -2.55. The van der Waals surface area contributed by atoms with Gasteiger partial charge in [-0.3, -0.25) is 19.2 Å². The molecule has 0 aromatic heterocycles. The van der Waals surface area contributed by atoms with Crippen molar-refractivity contribution >= 4 is 65.4 Å². The number of hydrogen-bond acceptors (Lipinski definition) is 10. The van der Waals surface area contributed by atoms with Gasteiger partial charge in [-0.05, 0) is 58.3 Å². The maximum Gasteiger partial charge on any atom is 0.411 e. The summed E-state index contributed by atoms with van der Waals surface area (Å²) in [6.07, 6.45) is -12.7. The van der Waals surface area contributed by atoms with Gasteiger partial charge in [-0.1, -0.05) is 84.9 Å². The summed E-state index contributed by atoms with van der Waals surface area (Å²) in [5.41, 5.74) is -12.3. The summed E-state index contributed by atoms with van der Waals surface area (Å²) in [5, 5.41) is 0.394. The van der Waals surface area contributed by atoms with Gasteiger partial charge in [-0.25, -0.2) is 0 Å². The summed E-state index contributed by atoms with van der Waals surface area (Å²) >= 11 is 0. The van der Waals surface area contributed by atoms with Crippen molar-refractivity contribution in [2.45, 2.75) is 27.6 Å². The number of nitrogens with zero attached hydrogens (tertiary/aromatic N) is 2. The highest BCUT2D eigenvalue weighted by molar-refractivity contribution is 7.87. The van der Waals surface area contributed by atoms with Crippen LogP contribution in [0.15, 0.2) is 131 Å². The van der Waals surface area contributed by atoms with Gasteiger partial charge in [0, 0.05) is 10.8 Å². The van der Waals surface area contributed by atoms with Crippen molar-refractivity contribution in [3.05, 3.63) is 155 Å². The molecule has 12 nitrogen and oxygen atoms in total. The number of rotatable bonds is 8. The lowest BCUT2D eigenvalue weighted by atomic mass is 9.71. The molecule has 4 amide bonds. The molecule has 0 bridgehead atoms.